The molecular weight excluding hydrogens is 337 g/mol. The highest BCUT2D eigenvalue weighted by molar-refractivity contribution is 6.09. The van der Waals surface area contributed by atoms with Crippen molar-refractivity contribution in [3.63, 3.8) is 0 Å². The molecule has 2 amide bonds. The third-order valence-electron chi connectivity index (χ3n) is 3.86. The minimum Gasteiger partial charge on any atom is -0.497 e. The number of carbonyl (C=O) groups excluding carboxylic acids is 2. The number of hydrogen-bond acceptors (Lipinski definition) is 4. The Hall–Kier alpha value is -2.93. The lowest BCUT2D eigenvalue weighted by Crippen LogP contribution is -2.33. The molecule has 0 fully saturated rings. The summed E-state index contributed by atoms with van der Waals surface area (Å²) >= 11 is 0. The van der Waals surface area contributed by atoms with E-state index in [2.05, 4.69) is 10.6 Å². The van der Waals surface area contributed by atoms with Gasteiger partial charge in [0.2, 0.25) is 0 Å². The van der Waals surface area contributed by atoms with E-state index in [1.165, 1.54) is 24.1 Å². The predicted octanol–water partition coefficient (Wildman–Crippen LogP) is 2.38. The van der Waals surface area contributed by atoms with Gasteiger partial charge in [0.25, 0.3) is 11.8 Å². The van der Waals surface area contributed by atoms with Gasteiger partial charge in [0.15, 0.2) is 0 Å². The summed E-state index contributed by atoms with van der Waals surface area (Å²) in [5, 5.41) is 5.57. The number of hydrogen-bond donors (Lipinski definition) is 2. The molecule has 0 saturated heterocycles. The van der Waals surface area contributed by atoms with Crippen molar-refractivity contribution in [3.05, 3.63) is 59.4 Å². The molecule has 2 aromatic carbocycles. The van der Waals surface area contributed by atoms with Gasteiger partial charge >= 0.3 is 0 Å². The zero-order valence-corrected chi connectivity index (χ0v) is 15.0. The molecule has 26 heavy (non-hydrogen) atoms. The maximum Gasteiger partial charge on any atom is 0.255 e. The van der Waals surface area contributed by atoms with Crippen LogP contribution in [0.15, 0.2) is 42.5 Å². The second-order valence-corrected chi connectivity index (χ2v) is 5.70. The van der Waals surface area contributed by atoms with E-state index in [-0.39, 0.29) is 17.2 Å². The highest BCUT2D eigenvalue weighted by atomic mass is 19.1. The Labute approximate surface area is 152 Å². The molecule has 7 heteroatoms. The van der Waals surface area contributed by atoms with Gasteiger partial charge in [-0.05, 0) is 49.5 Å². The first-order valence-electron chi connectivity index (χ1n) is 8.11. The smallest absolute Gasteiger partial charge is 0.255 e. The van der Waals surface area contributed by atoms with E-state index in [1.807, 2.05) is 0 Å². The summed E-state index contributed by atoms with van der Waals surface area (Å²) in [5.74, 6) is -0.658. The van der Waals surface area contributed by atoms with Gasteiger partial charge in [-0.15, -0.1) is 0 Å². The molecule has 2 N–H and O–H groups in total. The minimum absolute atomic E-state index is 0.132. The Bertz CT molecular complexity index is 778. The first-order valence-corrected chi connectivity index (χ1v) is 8.11. The maximum absolute atomic E-state index is 13.7. The molecule has 0 bridgehead atoms. The Morgan fingerprint density at radius 2 is 1.85 bits per heavy atom. The van der Waals surface area contributed by atoms with Crippen LogP contribution in [0.3, 0.4) is 0 Å². The standard InChI is InChI=1S/C19H22FN3O3/c1-21-10-11-23(2)19(25)16-9-6-14(20)12-17(16)22-18(24)13-4-7-15(26-3)8-5-13/h4-9,12,21H,10-11H2,1-3H3,(H,22,24). The third kappa shape index (κ3) is 4.80. The molecule has 138 valence electrons. The number of rotatable bonds is 7. The van der Waals surface area contributed by atoms with E-state index in [1.54, 1.807) is 38.4 Å². The molecule has 0 aliphatic carbocycles. The molecule has 0 aliphatic rings. The van der Waals surface area contributed by atoms with Gasteiger partial charge in [0.1, 0.15) is 11.6 Å². The Morgan fingerprint density at radius 3 is 2.46 bits per heavy atom. The van der Waals surface area contributed by atoms with E-state index in [0.717, 1.165) is 6.07 Å². The number of amides is 2. The molecule has 6 nitrogen and oxygen atoms in total. The van der Waals surface area contributed by atoms with Crippen LogP contribution in [0.2, 0.25) is 0 Å². The van der Waals surface area contributed by atoms with Crippen LogP contribution in [0, 0.1) is 5.82 Å². The molecule has 0 aliphatic heterocycles. The number of likely N-dealkylation sites (N-methyl/N-ethyl adjacent to an activating group) is 2. The van der Waals surface area contributed by atoms with Crippen molar-refractivity contribution < 1.29 is 18.7 Å². The monoisotopic (exact) mass is 359 g/mol. The average molecular weight is 359 g/mol. The molecule has 2 rings (SSSR count). The molecule has 0 saturated carbocycles. The third-order valence-corrected chi connectivity index (χ3v) is 3.86. The van der Waals surface area contributed by atoms with E-state index in [0.29, 0.717) is 24.4 Å². The van der Waals surface area contributed by atoms with E-state index >= 15 is 0 Å². The minimum atomic E-state index is -0.538. The van der Waals surface area contributed by atoms with Crippen molar-refractivity contribution in [2.24, 2.45) is 0 Å². The normalized spacial score (nSPS) is 10.3. The summed E-state index contributed by atoms with van der Waals surface area (Å²) < 4.78 is 18.7. The second-order valence-electron chi connectivity index (χ2n) is 5.70. The fourth-order valence-corrected chi connectivity index (χ4v) is 2.33. The van der Waals surface area contributed by atoms with Crippen LogP contribution >= 0.6 is 0 Å². The summed E-state index contributed by atoms with van der Waals surface area (Å²) in [6.45, 7) is 1.11. The van der Waals surface area contributed by atoms with Gasteiger partial charge in [-0.3, -0.25) is 9.59 Å². The van der Waals surface area contributed by atoms with Gasteiger partial charge in [0.05, 0.1) is 18.4 Å². The molecule has 0 aromatic heterocycles. The van der Waals surface area contributed by atoms with Crippen LogP contribution < -0.4 is 15.4 Å². The average Bonchev–Trinajstić information content (AvgIpc) is 2.65. The van der Waals surface area contributed by atoms with Crippen LogP contribution in [0.4, 0.5) is 10.1 Å². The Morgan fingerprint density at radius 1 is 1.15 bits per heavy atom. The fourth-order valence-electron chi connectivity index (χ4n) is 2.33. The van der Waals surface area contributed by atoms with Crippen LogP contribution in [0.1, 0.15) is 20.7 Å². The van der Waals surface area contributed by atoms with Crippen molar-refractivity contribution in [1.29, 1.82) is 0 Å². The second kappa shape index (κ2) is 8.96. The topological polar surface area (TPSA) is 70.7 Å². The van der Waals surface area contributed by atoms with Crippen LogP contribution in [-0.4, -0.2) is 51.0 Å². The number of anilines is 1. The van der Waals surface area contributed by atoms with Crippen molar-refractivity contribution >= 4 is 17.5 Å². The van der Waals surface area contributed by atoms with Gasteiger partial charge < -0.3 is 20.3 Å². The van der Waals surface area contributed by atoms with Crippen molar-refractivity contribution in [2.75, 3.05) is 39.6 Å². The summed E-state index contributed by atoms with van der Waals surface area (Å²) in [5.41, 5.74) is 0.732. The first kappa shape index (κ1) is 19.4. The summed E-state index contributed by atoms with van der Waals surface area (Å²) in [7, 11) is 4.97. The fraction of sp³-hybridized carbons (Fsp3) is 0.263. The molecule has 0 unspecified atom stereocenters. The summed E-state index contributed by atoms with van der Waals surface area (Å²) in [4.78, 5) is 26.5. The van der Waals surface area contributed by atoms with Crippen molar-refractivity contribution in [3.8, 4) is 5.75 Å². The molecule has 0 spiro atoms. The lowest BCUT2D eigenvalue weighted by atomic mass is 10.1. The van der Waals surface area contributed by atoms with E-state index < -0.39 is 11.7 Å². The zero-order valence-electron chi connectivity index (χ0n) is 15.0. The van der Waals surface area contributed by atoms with Gasteiger partial charge in [-0.25, -0.2) is 4.39 Å². The first-order chi connectivity index (χ1) is 12.5. The van der Waals surface area contributed by atoms with E-state index in [4.69, 9.17) is 4.74 Å². The number of nitrogens with one attached hydrogen (secondary N) is 2. The summed E-state index contributed by atoms with van der Waals surface area (Å²) in [6.07, 6.45) is 0. The van der Waals surface area contributed by atoms with Crippen LogP contribution in [-0.2, 0) is 0 Å². The van der Waals surface area contributed by atoms with Crippen molar-refractivity contribution in [2.45, 2.75) is 0 Å². The molecular formula is C19H22FN3O3. The number of nitrogens with zero attached hydrogens (tertiary/aromatic N) is 1. The maximum atomic E-state index is 13.7. The number of methoxy groups -OCH3 is 1. The molecule has 0 atom stereocenters. The quantitative estimate of drug-likeness (QED) is 0.796. The number of ether oxygens (including phenoxy) is 1. The van der Waals surface area contributed by atoms with Gasteiger partial charge in [-0.1, -0.05) is 0 Å². The van der Waals surface area contributed by atoms with Gasteiger partial charge in [0, 0.05) is 25.7 Å². The lowest BCUT2D eigenvalue weighted by Gasteiger charge is -2.19. The molecule has 0 heterocycles. The Kier molecular flexibility index (Phi) is 6.68. The SMILES string of the molecule is CNCCN(C)C(=O)c1ccc(F)cc1NC(=O)c1ccc(OC)cc1. The largest absolute Gasteiger partial charge is 0.497 e. The highest BCUT2D eigenvalue weighted by Crippen LogP contribution is 2.20. The highest BCUT2D eigenvalue weighted by Gasteiger charge is 2.18. The van der Waals surface area contributed by atoms with E-state index in [9.17, 15) is 14.0 Å². The summed E-state index contributed by atoms with van der Waals surface area (Å²) in [6, 6.07) is 10.2. The van der Waals surface area contributed by atoms with Crippen LogP contribution in [0.25, 0.3) is 0 Å². The molecule has 2 aromatic rings. The van der Waals surface area contributed by atoms with Crippen LogP contribution in [0.5, 0.6) is 5.75 Å². The number of halogens is 1. The predicted molar refractivity (Wildman–Crippen MR) is 98.2 cm³/mol. The van der Waals surface area contributed by atoms with Gasteiger partial charge in [-0.2, -0.15) is 0 Å². The lowest BCUT2D eigenvalue weighted by molar-refractivity contribution is 0.0798. The molecule has 0 radical (unpaired) electrons. The zero-order chi connectivity index (χ0) is 19.1. The van der Waals surface area contributed by atoms with Crippen molar-refractivity contribution in [1.82, 2.24) is 10.2 Å². The number of carbonyl (C=O) groups is 2. The number of benzene rings is 2. The Balaban J connectivity index is 2.23.